The van der Waals surface area contributed by atoms with Gasteiger partial charge in [-0.15, -0.1) is 0 Å². The molecule has 0 saturated heterocycles. The Labute approximate surface area is 194 Å². The van der Waals surface area contributed by atoms with Crippen molar-refractivity contribution in [3.05, 3.63) is 54.4 Å². The van der Waals surface area contributed by atoms with Crippen molar-refractivity contribution >= 4 is 32.1 Å². The second-order valence-electron chi connectivity index (χ2n) is 7.46. The van der Waals surface area contributed by atoms with Crippen LogP contribution in [-0.2, 0) is 26.8 Å². The largest absolute Gasteiger partial charge is 0.497 e. The predicted octanol–water partition coefficient (Wildman–Crippen LogP) is 2.52. The number of aromatic nitrogens is 1. The number of nitrogens with zero attached hydrogens (tertiary/aromatic N) is 2. The Bertz CT molecular complexity index is 1130. The van der Waals surface area contributed by atoms with Gasteiger partial charge in [-0.2, -0.15) is 26.5 Å². The van der Waals surface area contributed by atoms with E-state index in [9.17, 15) is 25.9 Å². The topological polar surface area (TPSA) is 146 Å². The highest BCUT2D eigenvalue weighted by Gasteiger charge is 2.39. The van der Waals surface area contributed by atoms with Gasteiger partial charge in [0, 0.05) is 18.6 Å². The molecule has 2 rings (SSSR count). The summed E-state index contributed by atoms with van der Waals surface area (Å²) in [6, 6.07) is 12.7. The molecule has 0 bridgehead atoms. The van der Waals surface area contributed by atoms with Gasteiger partial charge in [-0.3, -0.25) is 14.5 Å². The van der Waals surface area contributed by atoms with Crippen molar-refractivity contribution in [1.29, 1.82) is 0 Å². The zero-order chi connectivity index (χ0) is 24.5. The molecule has 3 N–H and O–H groups in total. The van der Waals surface area contributed by atoms with E-state index in [1.165, 1.54) is 0 Å². The van der Waals surface area contributed by atoms with Crippen molar-refractivity contribution in [2.45, 2.75) is 49.7 Å². The molecule has 182 valence electrons. The third-order valence-electron chi connectivity index (χ3n) is 5.10. The summed E-state index contributed by atoms with van der Waals surface area (Å²) >= 11 is 0. The van der Waals surface area contributed by atoms with Gasteiger partial charge in [0.05, 0.1) is 12.8 Å². The minimum absolute atomic E-state index is 0.0727. The SMILES string of the molecule is CCCC(C(CCC[n+]1ccccc1C=NNc1ccc(OC)cc1)S(=O)(=O)O)S(=O)(=O)O. The molecule has 33 heavy (non-hydrogen) atoms. The fourth-order valence-electron chi connectivity index (χ4n) is 3.45. The fourth-order valence-corrected chi connectivity index (χ4v) is 6.33. The Balaban J connectivity index is 2.08. The third-order valence-corrected chi connectivity index (χ3v) is 7.93. The highest BCUT2D eigenvalue weighted by atomic mass is 32.2. The highest BCUT2D eigenvalue weighted by Crippen LogP contribution is 2.22. The van der Waals surface area contributed by atoms with Gasteiger partial charge in [0.15, 0.2) is 6.20 Å². The zero-order valence-corrected chi connectivity index (χ0v) is 20.2. The summed E-state index contributed by atoms with van der Waals surface area (Å²) in [7, 11) is -7.73. The van der Waals surface area contributed by atoms with Crippen molar-refractivity contribution < 1.29 is 35.2 Å². The van der Waals surface area contributed by atoms with Gasteiger partial charge >= 0.3 is 0 Å². The minimum atomic E-state index is -4.68. The number of hydrogen-bond donors (Lipinski definition) is 3. The number of hydrazone groups is 1. The number of rotatable bonds is 13. The smallest absolute Gasteiger partial charge is 0.269 e. The Kier molecular flexibility index (Phi) is 9.77. The lowest BCUT2D eigenvalue weighted by molar-refractivity contribution is -0.698. The lowest BCUT2D eigenvalue weighted by Crippen LogP contribution is -2.42. The minimum Gasteiger partial charge on any atom is -0.497 e. The molecule has 12 heteroatoms. The lowest BCUT2D eigenvalue weighted by atomic mass is 10.1. The van der Waals surface area contributed by atoms with Gasteiger partial charge in [0.1, 0.15) is 29.0 Å². The number of methoxy groups -OCH3 is 1. The molecule has 1 aromatic heterocycles. The van der Waals surface area contributed by atoms with Crippen LogP contribution in [0.15, 0.2) is 53.8 Å². The quantitative estimate of drug-likeness (QED) is 0.165. The van der Waals surface area contributed by atoms with Crippen LogP contribution in [0.3, 0.4) is 0 Å². The van der Waals surface area contributed by atoms with Gasteiger partial charge in [-0.05, 0) is 43.2 Å². The summed E-state index contributed by atoms with van der Waals surface area (Å²) in [5.41, 5.74) is 4.39. The molecule has 0 spiro atoms. The maximum atomic E-state index is 11.9. The van der Waals surface area contributed by atoms with Crippen LogP contribution < -0.4 is 14.7 Å². The van der Waals surface area contributed by atoms with Crippen LogP contribution in [0.1, 0.15) is 38.3 Å². The third kappa shape index (κ3) is 8.39. The maximum Gasteiger partial charge on any atom is 0.269 e. The van der Waals surface area contributed by atoms with E-state index >= 15 is 0 Å². The molecule has 0 fully saturated rings. The molecule has 2 aromatic rings. The van der Waals surface area contributed by atoms with Crippen LogP contribution in [-0.4, -0.2) is 49.8 Å². The van der Waals surface area contributed by atoms with E-state index in [0.29, 0.717) is 13.0 Å². The van der Waals surface area contributed by atoms with Crippen LogP contribution in [0.2, 0.25) is 0 Å². The number of hydrogen-bond acceptors (Lipinski definition) is 7. The number of benzene rings is 1. The Morgan fingerprint density at radius 1 is 1.03 bits per heavy atom. The zero-order valence-electron chi connectivity index (χ0n) is 18.5. The molecule has 0 aliphatic carbocycles. The van der Waals surface area contributed by atoms with Crippen LogP contribution in [0.4, 0.5) is 5.69 Å². The molecule has 1 heterocycles. The lowest BCUT2D eigenvalue weighted by Gasteiger charge is -2.21. The predicted molar refractivity (Wildman–Crippen MR) is 126 cm³/mol. The van der Waals surface area contributed by atoms with Crippen molar-refractivity contribution in [1.82, 2.24) is 0 Å². The van der Waals surface area contributed by atoms with Gasteiger partial charge in [-0.1, -0.05) is 13.3 Å². The molecule has 2 atom stereocenters. The molecule has 0 aliphatic rings. The Morgan fingerprint density at radius 2 is 1.67 bits per heavy atom. The van der Waals surface area contributed by atoms with E-state index in [0.717, 1.165) is 17.1 Å². The van der Waals surface area contributed by atoms with E-state index in [4.69, 9.17) is 4.74 Å². The summed E-state index contributed by atoms with van der Waals surface area (Å²) < 4.78 is 73.1. The van der Waals surface area contributed by atoms with Gasteiger partial charge in [0.2, 0.25) is 5.69 Å². The van der Waals surface area contributed by atoms with Gasteiger partial charge < -0.3 is 4.74 Å². The monoisotopic (exact) mass is 500 g/mol. The molecular weight excluding hydrogens is 470 g/mol. The Morgan fingerprint density at radius 3 is 2.24 bits per heavy atom. The average molecular weight is 501 g/mol. The number of pyridine rings is 1. The molecule has 2 unspecified atom stereocenters. The van der Waals surface area contributed by atoms with Crippen molar-refractivity contribution in [3.8, 4) is 5.75 Å². The highest BCUT2D eigenvalue weighted by molar-refractivity contribution is 7.90. The van der Waals surface area contributed by atoms with E-state index in [-0.39, 0.29) is 19.3 Å². The Hall–Kier alpha value is -2.54. The van der Waals surface area contributed by atoms with Crippen molar-refractivity contribution in [2.24, 2.45) is 5.10 Å². The van der Waals surface area contributed by atoms with Crippen LogP contribution in [0.5, 0.6) is 5.75 Å². The molecule has 0 amide bonds. The van der Waals surface area contributed by atoms with E-state index in [2.05, 4.69) is 10.5 Å². The van der Waals surface area contributed by atoms with E-state index in [1.807, 2.05) is 28.8 Å². The first kappa shape index (κ1) is 26.7. The summed E-state index contributed by atoms with van der Waals surface area (Å²) in [6.07, 6.45) is 3.77. The fraction of sp³-hybridized carbons (Fsp3) is 0.429. The number of ether oxygens (including phenoxy) is 1. The molecular formula is C21H30N3O7S2+. The average Bonchev–Trinajstić information content (AvgIpc) is 2.75. The van der Waals surface area contributed by atoms with Crippen LogP contribution in [0, 0.1) is 0 Å². The summed E-state index contributed by atoms with van der Waals surface area (Å²) in [6.45, 7) is 2.02. The van der Waals surface area contributed by atoms with Crippen molar-refractivity contribution in [3.63, 3.8) is 0 Å². The molecule has 10 nitrogen and oxygen atoms in total. The maximum absolute atomic E-state index is 11.9. The summed E-state index contributed by atoms with van der Waals surface area (Å²) in [5, 5.41) is 1.03. The normalized spacial score (nSPS) is 14.2. The first-order valence-corrected chi connectivity index (χ1v) is 13.4. The first-order chi connectivity index (χ1) is 15.6. The molecule has 0 aliphatic heterocycles. The van der Waals surface area contributed by atoms with Crippen molar-refractivity contribution in [2.75, 3.05) is 12.5 Å². The van der Waals surface area contributed by atoms with Crippen LogP contribution >= 0.6 is 0 Å². The van der Waals surface area contributed by atoms with Crippen LogP contribution in [0.25, 0.3) is 0 Å². The molecule has 0 saturated carbocycles. The first-order valence-electron chi connectivity index (χ1n) is 10.4. The second kappa shape index (κ2) is 12.1. The second-order valence-corrected chi connectivity index (χ2v) is 10.7. The number of nitrogens with one attached hydrogen (secondary N) is 1. The van der Waals surface area contributed by atoms with E-state index < -0.39 is 30.7 Å². The van der Waals surface area contributed by atoms with Gasteiger partial charge in [0.25, 0.3) is 20.2 Å². The number of aryl methyl sites for hydroxylation is 1. The molecule has 0 radical (unpaired) electrons. The summed E-state index contributed by atoms with van der Waals surface area (Å²) in [4.78, 5) is 0. The molecule has 1 aromatic carbocycles. The van der Waals surface area contributed by atoms with E-state index in [1.54, 1.807) is 44.6 Å². The van der Waals surface area contributed by atoms with Gasteiger partial charge in [-0.25, -0.2) is 0 Å². The summed E-state index contributed by atoms with van der Waals surface area (Å²) in [5.74, 6) is 0.726. The number of anilines is 1. The standard InChI is InChI=1S/C21H29N3O7S2/c1-3-7-20(32(25,26)27)21(33(28,29)30)9-6-15-24-14-5-4-8-18(24)16-22-23-17-10-12-19(31-2)13-11-17/h4-5,8,10-14,16,20-21H,3,6-7,9,15H2,1-2H3,(H2,25,26,27,28,29,30)/p+1.